The third-order valence-corrected chi connectivity index (χ3v) is 11.7. The zero-order valence-corrected chi connectivity index (χ0v) is 30.3. The van der Waals surface area contributed by atoms with E-state index >= 15 is 0 Å². The fourth-order valence-electron chi connectivity index (χ4n) is 9.31. The first-order valence-electron chi connectivity index (χ1n) is 19.2. The van der Waals surface area contributed by atoms with Gasteiger partial charge in [-0.25, -0.2) is 0 Å². The van der Waals surface area contributed by atoms with Crippen LogP contribution in [0, 0.1) is 0 Å². The summed E-state index contributed by atoms with van der Waals surface area (Å²) in [6.07, 6.45) is 0. The van der Waals surface area contributed by atoms with Gasteiger partial charge in [0.2, 0.25) is 0 Å². The van der Waals surface area contributed by atoms with Crippen LogP contribution < -0.4 is 0 Å². The maximum atomic E-state index is 6.55. The van der Waals surface area contributed by atoms with Gasteiger partial charge in [-0.2, -0.15) is 0 Å². The number of hydrogen-bond acceptors (Lipinski definition) is 2. The molecule has 0 saturated heterocycles. The third-order valence-electron chi connectivity index (χ3n) is 11.7. The van der Waals surface area contributed by atoms with Crippen LogP contribution in [-0.4, -0.2) is 0 Å². The Morgan fingerprint density at radius 1 is 0.232 bits per heavy atom. The zero-order valence-electron chi connectivity index (χ0n) is 30.3. The average Bonchev–Trinajstić information content (AvgIpc) is 3.83. The number of benzene rings is 10. The lowest BCUT2D eigenvalue weighted by atomic mass is 9.83. The van der Waals surface area contributed by atoms with Crippen LogP contribution in [0.1, 0.15) is 0 Å². The lowest BCUT2D eigenvalue weighted by Gasteiger charge is -2.20. The normalized spacial score (nSPS) is 11.9. The highest BCUT2D eigenvalue weighted by molar-refractivity contribution is 6.25. The average molecular weight is 713 g/mol. The molecule has 12 aromatic rings. The maximum Gasteiger partial charge on any atom is 0.136 e. The molecule has 2 heteroatoms. The van der Waals surface area contributed by atoms with Crippen LogP contribution in [0.5, 0.6) is 0 Å². The topological polar surface area (TPSA) is 26.3 Å². The van der Waals surface area contributed by atoms with Crippen LogP contribution in [0.4, 0.5) is 0 Å². The van der Waals surface area contributed by atoms with Crippen molar-refractivity contribution in [3.63, 3.8) is 0 Å². The summed E-state index contributed by atoms with van der Waals surface area (Å²) < 4.78 is 13.0. The smallest absolute Gasteiger partial charge is 0.136 e. The molecule has 0 unspecified atom stereocenters. The summed E-state index contributed by atoms with van der Waals surface area (Å²) in [6, 6.07) is 69.8. The predicted octanol–water partition coefficient (Wildman–Crippen LogP) is 15.6. The molecule has 260 valence electrons. The Bertz CT molecular complexity index is 3470. The van der Waals surface area contributed by atoms with Crippen molar-refractivity contribution in [2.45, 2.75) is 0 Å². The van der Waals surface area contributed by atoms with E-state index in [4.69, 9.17) is 8.83 Å². The van der Waals surface area contributed by atoms with Gasteiger partial charge in [0.15, 0.2) is 0 Å². The van der Waals surface area contributed by atoms with Gasteiger partial charge in [-0.3, -0.25) is 0 Å². The zero-order chi connectivity index (χ0) is 36.7. The Morgan fingerprint density at radius 3 is 1.41 bits per heavy atom. The first-order valence-corrected chi connectivity index (χ1v) is 19.2. The molecule has 0 amide bonds. The summed E-state index contributed by atoms with van der Waals surface area (Å²) >= 11 is 0. The molecular weight excluding hydrogens is 681 g/mol. The molecule has 12 rings (SSSR count). The van der Waals surface area contributed by atoms with Gasteiger partial charge in [0.05, 0.1) is 0 Å². The fraction of sp³-hybridized carbons (Fsp3) is 0. The quantitative estimate of drug-likeness (QED) is 0.170. The van der Waals surface area contributed by atoms with Crippen LogP contribution in [-0.2, 0) is 0 Å². The monoisotopic (exact) mass is 712 g/mol. The van der Waals surface area contributed by atoms with Crippen molar-refractivity contribution in [2.24, 2.45) is 0 Å². The molecule has 0 aliphatic carbocycles. The second-order valence-corrected chi connectivity index (χ2v) is 14.7. The van der Waals surface area contributed by atoms with Gasteiger partial charge in [0, 0.05) is 27.1 Å². The molecular formula is C54H32O2. The lowest BCUT2D eigenvalue weighted by Crippen LogP contribution is -1.93. The van der Waals surface area contributed by atoms with Gasteiger partial charge in [-0.15, -0.1) is 0 Å². The second-order valence-electron chi connectivity index (χ2n) is 14.7. The Morgan fingerprint density at radius 2 is 0.732 bits per heavy atom. The molecule has 0 fully saturated rings. The molecule has 0 aliphatic rings. The molecule has 0 aliphatic heterocycles. The Labute approximate surface area is 322 Å². The van der Waals surface area contributed by atoms with Gasteiger partial charge >= 0.3 is 0 Å². The van der Waals surface area contributed by atoms with Crippen molar-refractivity contribution in [3.8, 4) is 44.5 Å². The lowest BCUT2D eigenvalue weighted by molar-refractivity contribution is 0.669. The minimum absolute atomic E-state index is 0.872. The first kappa shape index (κ1) is 31.0. The summed E-state index contributed by atoms with van der Waals surface area (Å²) in [5.41, 5.74) is 13.0. The summed E-state index contributed by atoms with van der Waals surface area (Å²) in [5.74, 6) is 0. The molecule has 56 heavy (non-hydrogen) atoms. The molecule has 0 bridgehead atoms. The fourth-order valence-corrected chi connectivity index (χ4v) is 9.31. The number of rotatable bonds is 4. The van der Waals surface area contributed by atoms with E-state index in [-0.39, 0.29) is 0 Å². The van der Waals surface area contributed by atoms with Crippen molar-refractivity contribution in [2.75, 3.05) is 0 Å². The largest absolute Gasteiger partial charge is 0.456 e. The SMILES string of the molecule is c1ccc(-c2c3ccccc3c(-c3cccc4c(-c5c(-c6ccc7c(c6)oc6ccccc67)ccc6oc7ccccc7c56)cccc34)c3ccccc23)cc1. The van der Waals surface area contributed by atoms with Gasteiger partial charge in [0.1, 0.15) is 22.3 Å². The highest BCUT2D eigenvalue weighted by Gasteiger charge is 2.22. The van der Waals surface area contributed by atoms with E-state index in [0.29, 0.717) is 0 Å². The molecule has 0 saturated carbocycles. The summed E-state index contributed by atoms with van der Waals surface area (Å²) in [7, 11) is 0. The van der Waals surface area contributed by atoms with Gasteiger partial charge < -0.3 is 8.83 Å². The number of hydrogen-bond donors (Lipinski definition) is 0. The molecule has 2 aromatic heterocycles. The van der Waals surface area contributed by atoms with Crippen molar-refractivity contribution in [3.05, 3.63) is 194 Å². The van der Waals surface area contributed by atoms with E-state index < -0.39 is 0 Å². The minimum Gasteiger partial charge on any atom is -0.456 e. The summed E-state index contributed by atoms with van der Waals surface area (Å²) in [6.45, 7) is 0. The minimum atomic E-state index is 0.872. The molecule has 0 radical (unpaired) electrons. The molecule has 0 atom stereocenters. The standard InChI is InChI=1S/C54H32O2/c1-2-14-33(15-3-1)51-42-17-4-6-19-44(42)52(45-20-7-5-18-43(45)51)40-24-12-23-37-36(40)22-13-25-41(37)53-35(30-31-49-54(53)46-21-9-11-27-48(46)55-49)34-28-29-39-38-16-8-10-26-47(38)56-50(39)32-34/h1-32H. The third kappa shape index (κ3) is 4.50. The molecule has 2 nitrogen and oxygen atoms in total. The Balaban J connectivity index is 1.17. The van der Waals surface area contributed by atoms with E-state index in [1.165, 1.54) is 54.6 Å². The number of fused-ring (bicyclic) bond motifs is 9. The maximum absolute atomic E-state index is 6.55. The predicted molar refractivity (Wildman–Crippen MR) is 235 cm³/mol. The van der Waals surface area contributed by atoms with E-state index in [0.717, 1.165) is 66.1 Å². The van der Waals surface area contributed by atoms with Gasteiger partial charge in [-0.05, 0) is 102 Å². The number of furan rings is 2. The summed E-state index contributed by atoms with van der Waals surface area (Å²) in [4.78, 5) is 0. The second kappa shape index (κ2) is 12.0. The number of para-hydroxylation sites is 2. The highest BCUT2D eigenvalue weighted by atomic mass is 16.3. The molecule has 0 N–H and O–H groups in total. The van der Waals surface area contributed by atoms with Crippen molar-refractivity contribution in [1.29, 1.82) is 0 Å². The molecule has 10 aromatic carbocycles. The van der Waals surface area contributed by atoms with Crippen molar-refractivity contribution in [1.82, 2.24) is 0 Å². The van der Waals surface area contributed by atoms with E-state index in [2.05, 4.69) is 176 Å². The highest BCUT2D eigenvalue weighted by Crippen LogP contribution is 2.49. The molecule has 2 heterocycles. The van der Waals surface area contributed by atoms with Gasteiger partial charge in [-0.1, -0.05) is 164 Å². The van der Waals surface area contributed by atoms with Crippen LogP contribution in [0.15, 0.2) is 203 Å². The molecule has 0 spiro atoms. The van der Waals surface area contributed by atoms with E-state index in [1.54, 1.807) is 0 Å². The van der Waals surface area contributed by atoms with E-state index in [1.807, 2.05) is 18.2 Å². The van der Waals surface area contributed by atoms with Crippen molar-refractivity contribution < 1.29 is 8.83 Å². The van der Waals surface area contributed by atoms with E-state index in [9.17, 15) is 0 Å². The van der Waals surface area contributed by atoms with Crippen molar-refractivity contribution >= 4 is 76.2 Å². The van der Waals surface area contributed by atoms with Gasteiger partial charge in [0.25, 0.3) is 0 Å². The van der Waals surface area contributed by atoms with Crippen LogP contribution in [0.25, 0.3) is 121 Å². The van der Waals surface area contributed by atoms with Crippen LogP contribution in [0.2, 0.25) is 0 Å². The summed E-state index contributed by atoms with van der Waals surface area (Å²) in [5, 5.41) is 11.8. The van der Waals surface area contributed by atoms with Crippen LogP contribution >= 0.6 is 0 Å². The first-order chi connectivity index (χ1) is 27.8. The van der Waals surface area contributed by atoms with Crippen LogP contribution in [0.3, 0.4) is 0 Å². The Hall–Kier alpha value is -7.42. The Kier molecular flexibility index (Phi) is 6.66.